The Kier molecular flexibility index (Phi) is 5.04. The normalized spacial score (nSPS) is 20.6. The van der Waals surface area contributed by atoms with Crippen LogP contribution in [-0.4, -0.2) is 15.6 Å². The van der Waals surface area contributed by atoms with Gasteiger partial charge in [-0.05, 0) is 30.1 Å². The first-order valence-electron chi connectivity index (χ1n) is 5.53. The van der Waals surface area contributed by atoms with Crippen molar-refractivity contribution in [3.63, 3.8) is 0 Å². The lowest BCUT2D eigenvalue weighted by Crippen LogP contribution is -2.26. The van der Waals surface area contributed by atoms with E-state index in [4.69, 9.17) is 50.8 Å². The summed E-state index contributed by atoms with van der Waals surface area (Å²) in [6.45, 7) is 0.879. The Morgan fingerprint density at radius 3 is 2.47 bits per heavy atom. The Bertz CT molecular complexity index is 418. The molecule has 0 radical (unpaired) electrons. The summed E-state index contributed by atoms with van der Waals surface area (Å²) in [6, 6.07) is 3.87. The minimum atomic E-state index is -1.18. The number of hydrogen-bond donors (Lipinski definition) is 0. The van der Waals surface area contributed by atoms with E-state index in [1.807, 2.05) is 6.07 Å². The maximum atomic E-state index is 6.18. The standard InChI is InChI=1S/C11H12Cl4OSi/c12-8-5-7(9(13)11(15)10(8)14)6-17-4-2-1-3-16-17/h5,17H,1-4,6H2. The summed E-state index contributed by atoms with van der Waals surface area (Å²) in [4.78, 5) is 0. The predicted molar refractivity (Wildman–Crippen MR) is 77.3 cm³/mol. The molecule has 1 aliphatic heterocycles. The van der Waals surface area contributed by atoms with E-state index in [-0.39, 0.29) is 0 Å². The summed E-state index contributed by atoms with van der Waals surface area (Å²) < 4.78 is 5.81. The van der Waals surface area contributed by atoms with Crippen molar-refractivity contribution in [2.75, 3.05) is 6.61 Å². The summed E-state index contributed by atoms with van der Waals surface area (Å²) >= 11 is 24.2. The lowest BCUT2D eigenvalue weighted by molar-refractivity contribution is 0.286. The van der Waals surface area contributed by atoms with Crippen LogP contribution in [-0.2, 0) is 10.5 Å². The van der Waals surface area contributed by atoms with Crippen LogP contribution >= 0.6 is 46.4 Å². The number of hydrogen-bond acceptors (Lipinski definition) is 1. The summed E-state index contributed by atoms with van der Waals surface area (Å²) in [5, 5.41) is 1.65. The number of rotatable bonds is 2. The van der Waals surface area contributed by atoms with Gasteiger partial charge in [-0.25, -0.2) is 0 Å². The molecule has 1 aliphatic rings. The highest BCUT2D eigenvalue weighted by atomic mass is 35.5. The SMILES string of the molecule is Clc1cc(C[SiH]2CCCCO2)c(Cl)c(Cl)c1Cl. The molecule has 1 saturated heterocycles. The topological polar surface area (TPSA) is 9.23 Å². The van der Waals surface area contributed by atoms with E-state index in [0.717, 1.165) is 18.2 Å². The Labute approximate surface area is 123 Å². The average Bonchev–Trinajstić information content (AvgIpc) is 2.35. The van der Waals surface area contributed by atoms with Crippen molar-refractivity contribution in [2.24, 2.45) is 0 Å². The fourth-order valence-corrected chi connectivity index (χ4v) is 5.58. The molecular formula is C11H12Cl4OSi. The summed E-state index contributed by atoms with van der Waals surface area (Å²) in [7, 11) is -1.18. The van der Waals surface area contributed by atoms with Gasteiger partial charge in [-0.3, -0.25) is 0 Å². The van der Waals surface area contributed by atoms with Gasteiger partial charge in [-0.15, -0.1) is 0 Å². The Hall–Kier alpha value is 0.557. The van der Waals surface area contributed by atoms with E-state index in [9.17, 15) is 0 Å². The second-order valence-corrected chi connectivity index (χ2v) is 8.26. The first-order valence-corrected chi connectivity index (χ1v) is 9.14. The van der Waals surface area contributed by atoms with Gasteiger partial charge in [-0.2, -0.15) is 0 Å². The van der Waals surface area contributed by atoms with Crippen molar-refractivity contribution >= 4 is 55.4 Å². The second-order valence-electron chi connectivity index (χ2n) is 4.15. The number of benzene rings is 1. The molecule has 1 unspecified atom stereocenters. The van der Waals surface area contributed by atoms with Crippen LogP contribution in [0, 0.1) is 0 Å². The highest BCUT2D eigenvalue weighted by molar-refractivity contribution is 6.54. The lowest BCUT2D eigenvalue weighted by Gasteiger charge is -2.22. The fraction of sp³-hybridized carbons (Fsp3) is 0.455. The molecule has 17 heavy (non-hydrogen) atoms. The third kappa shape index (κ3) is 3.31. The predicted octanol–water partition coefficient (Wildman–Crippen LogP) is 4.92. The van der Waals surface area contributed by atoms with Gasteiger partial charge in [0.15, 0.2) is 9.04 Å². The lowest BCUT2D eigenvalue weighted by atomic mass is 10.2. The highest BCUT2D eigenvalue weighted by Gasteiger charge is 2.20. The molecule has 0 amide bonds. The zero-order valence-electron chi connectivity index (χ0n) is 9.11. The average molecular weight is 330 g/mol. The van der Waals surface area contributed by atoms with Crippen molar-refractivity contribution < 1.29 is 4.43 Å². The van der Waals surface area contributed by atoms with Crippen LogP contribution in [0.1, 0.15) is 18.4 Å². The molecule has 1 aromatic carbocycles. The third-order valence-electron chi connectivity index (χ3n) is 2.90. The fourth-order valence-electron chi connectivity index (χ4n) is 1.98. The minimum absolute atomic E-state index is 0.327. The zero-order valence-corrected chi connectivity index (χ0v) is 13.3. The van der Waals surface area contributed by atoms with Crippen LogP contribution in [0.3, 0.4) is 0 Å². The van der Waals surface area contributed by atoms with Crippen LogP contribution < -0.4 is 0 Å². The second kappa shape index (κ2) is 6.13. The quantitative estimate of drug-likeness (QED) is 0.425. The van der Waals surface area contributed by atoms with Crippen molar-refractivity contribution in [2.45, 2.75) is 24.9 Å². The molecule has 1 nitrogen and oxygen atoms in total. The van der Waals surface area contributed by atoms with Crippen molar-refractivity contribution in [3.05, 3.63) is 31.7 Å². The molecule has 0 spiro atoms. The Balaban J connectivity index is 2.20. The van der Waals surface area contributed by atoms with Gasteiger partial charge in [-0.1, -0.05) is 52.8 Å². The molecule has 0 aromatic heterocycles. The summed E-state index contributed by atoms with van der Waals surface area (Å²) in [5.41, 5.74) is 0.963. The van der Waals surface area contributed by atoms with Gasteiger partial charge in [0.1, 0.15) is 0 Å². The van der Waals surface area contributed by atoms with Crippen LogP contribution in [0.4, 0.5) is 0 Å². The van der Waals surface area contributed by atoms with E-state index >= 15 is 0 Å². The molecule has 1 atom stereocenters. The zero-order chi connectivity index (χ0) is 12.4. The van der Waals surface area contributed by atoms with Crippen molar-refractivity contribution in [1.29, 1.82) is 0 Å². The molecular weight excluding hydrogens is 318 g/mol. The summed E-state index contributed by atoms with van der Waals surface area (Å²) in [6.07, 6.45) is 2.42. The largest absolute Gasteiger partial charge is 0.420 e. The monoisotopic (exact) mass is 328 g/mol. The molecule has 0 N–H and O–H groups in total. The Morgan fingerprint density at radius 1 is 1.06 bits per heavy atom. The number of halogens is 4. The van der Waals surface area contributed by atoms with Crippen LogP contribution in [0.15, 0.2) is 6.07 Å². The van der Waals surface area contributed by atoms with Gasteiger partial charge in [0.05, 0.1) is 20.1 Å². The van der Waals surface area contributed by atoms with E-state index in [1.54, 1.807) is 0 Å². The molecule has 0 bridgehead atoms. The molecule has 6 heteroatoms. The van der Waals surface area contributed by atoms with E-state index in [2.05, 4.69) is 0 Å². The van der Waals surface area contributed by atoms with Gasteiger partial charge < -0.3 is 4.43 Å². The van der Waals surface area contributed by atoms with Gasteiger partial charge in [0.25, 0.3) is 0 Å². The molecule has 1 heterocycles. The van der Waals surface area contributed by atoms with Crippen LogP contribution in [0.25, 0.3) is 0 Å². The molecule has 0 aliphatic carbocycles. The maximum Gasteiger partial charge on any atom is 0.181 e. The molecule has 1 aromatic rings. The molecule has 94 valence electrons. The van der Waals surface area contributed by atoms with Crippen LogP contribution in [0.2, 0.25) is 26.1 Å². The Morgan fingerprint density at radius 2 is 1.82 bits per heavy atom. The van der Waals surface area contributed by atoms with E-state index < -0.39 is 9.04 Å². The van der Waals surface area contributed by atoms with Gasteiger partial charge in [0.2, 0.25) is 0 Å². The maximum absolute atomic E-state index is 6.18. The molecule has 1 fully saturated rings. The van der Waals surface area contributed by atoms with E-state index in [1.165, 1.54) is 18.9 Å². The van der Waals surface area contributed by atoms with Crippen molar-refractivity contribution in [3.8, 4) is 0 Å². The molecule has 2 rings (SSSR count). The third-order valence-corrected chi connectivity index (χ3v) is 7.34. The highest BCUT2D eigenvalue weighted by Crippen LogP contribution is 2.38. The molecule has 0 saturated carbocycles. The smallest absolute Gasteiger partial charge is 0.181 e. The first kappa shape index (κ1) is 14.0. The van der Waals surface area contributed by atoms with Gasteiger partial charge >= 0.3 is 0 Å². The van der Waals surface area contributed by atoms with Crippen LogP contribution in [0.5, 0.6) is 0 Å². The first-order chi connectivity index (χ1) is 8.09. The minimum Gasteiger partial charge on any atom is -0.420 e. The van der Waals surface area contributed by atoms with Gasteiger partial charge in [0, 0.05) is 6.61 Å². The van der Waals surface area contributed by atoms with E-state index in [0.29, 0.717) is 20.1 Å². The van der Waals surface area contributed by atoms with Crippen molar-refractivity contribution in [1.82, 2.24) is 0 Å². The summed E-state index contributed by atoms with van der Waals surface area (Å²) in [5.74, 6) is 0.